The number of benzene rings is 2. The van der Waals surface area contributed by atoms with Crippen LogP contribution in [0.15, 0.2) is 123 Å². The third-order valence-corrected chi connectivity index (χ3v) is 17.2. The van der Waals surface area contributed by atoms with Gasteiger partial charge in [0, 0.05) is 86.5 Å². The van der Waals surface area contributed by atoms with E-state index in [1.54, 1.807) is 28.1 Å². The van der Waals surface area contributed by atoms with E-state index in [-0.39, 0.29) is 139 Å². The molecule has 4 aromatic heterocycles. The monoisotopic (exact) mass is 1210 g/mol. The number of fused-ring (bicyclic) bond motifs is 6. The lowest BCUT2D eigenvalue weighted by atomic mass is 9.79. The van der Waals surface area contributed by atoms with Crippen molar-refractivity contribution in [3.63, 3.8) is 0 Å². The summed E-state index contributed by atoms with van der Waals surface area (Å²) in [5.74, 6) is -3.86. The number of anilines is 2. The lowest BCUT2D eigenvalue weighted by Crippen LogP contribution is -2.54. The summed E-state index contributed by atoms with van der Waals surface area (Å²) >= 11 is 0. The smallest absolute Gasteiger partial charge is 0.355 e. The number of halogens is 4. The molecule has 3 fully saturated rings. The first kappa shape index (κ1) is 61.3. The van der Waals surface area contributed by atoms with Crippen molar-refractivity contribution in [3.05, 3.63) is 153 Å². The lowest BCUT2D eigenvalue weighted by Gasteiger charge is -2.40. The molecular formula is C67H70F4N12O6. The molecule has 1 aliphatic carbocycles. The summed E-state index contributed by atoms with van der Waals surface area (Å²) in [5.41, 5.74) is -1.43. The van der Waals surface area contributed by atoms with Crippen molar-refractivity contribution in [1.82, 2.24) is 38.9 Å². The Labute approximate surface area is 512 Å². The molecule has 8 heterocycles. The van der Waals surface area contributed by atoms with Crippen molar-refractivity contribution in [2.75, 3.05) is 62.3 Å². The first-order valence-corrected chi connectivity index (χ1v) is 30.1. The van der Waals surface area contributed by atoms with Crippen LogP contribution in [0.2, 0.25) is 0 Å². The van der Waals surface area contributed by atoms with E-state index in [4.69, 9.17) is 24.4 Å². The molecule has 462 valence electrons. The summed E-state index contributed by atoms with van der Waals surface area (Å²) in [6.07, 6.45) is 13.2. The molecule has 6 aromatic rings. The number of allylic oxidation sites excluding steroid dienone is 6. The highest BCUT2D eigenvalue weighted by Gasteiger charge is 2.38. The molecular weight excluding hydrogens is 1140 g/mol. The Morgan fingerprint density at radius 3 is 1.71 bits per heavy atom. The predicted molar refractivity (Wildman–Crippen MR) is 338 cm³/mol. The van der Waals surface area contributed by atoms with Gasteiger partial charge in [-0.05, 0) is 162 Å². The molecule has 89 heavy (non-hydrogen) atoms. The van der Waals surface area contributed by atoms with Crippen molar-refractivity contribution in [3.8, 4) is 34.0 Å². The third kappa shape index (κ3) is 12.0. The normalized spacial score (nSPS) is 19.6. The van der Waals surface area contributed by atoms with Gasteiger partial charge >= 0.3 is 11.4 Å². The number of aromatic nitrogens is 6. The van der Waals surface area contributed by atoms with Crippen molar-refractivity contribution in [1.29, 1.82) is 0 Å². The van der Waals surface area contributed by atoms with Crippen LogP contribution in [0.1, 0.15) is 84.6 Å². The van der Waals surface area contributed by atoms with Crippen LogP contribution in [0.5, 0.6) is 11.5 Å². The summed E-state index contributed by atoms with van der Waals surface area (Å²) in [7, 11) is 0. The van der Waals surface area contributed by atoms with Crippen LogP contribution in [0.3, 0.4) is 0 Å². The van der Waals surface area contributed by atoms with E-state index < -0.39 is 57.5 Å². The molecule has 0 radical (unpaired) electrons. The van der Waals surface area contributed by atoms with Gasteiger partial charge in [0.2, 0.25) is 11.8 Å². The maximum Gasteiger partial charge on any atom is 0.355 e. The molecule has 2 saturated heterocycles. The van der Waals surface area contributed by atoms with Crippen LogP contribution in [0, 0.1) is 34.6 Å². The molecule has 0 unspecified atom stereocenters. The minimum atomic E-state index is -1.23. The zero-order chi connectivity index (χ0) is 63.0. The standard InChI is InChI=1S/C67H70F4N12O6/c1-9-53(84)78-26-28-80(39(3)37-78)61-45-34-50(71)58-56-48(69)32-41(33-52(56)89-31-13-11-16-42(22-24-72-7)59(43-20-21-43)82(63(45)74-58)65(86)76-61)36-67(5,6)60-44(23-25-73-8)17-12-14-30-88-51-19-15-18-47(68)55(51)57-49(70)35-46-62(77-66(87)83(60)64(46)75-57)81-29-27-79(38-40(81)4)54(85)10-2/h9-10,15,18-19,22-25,32-35,39-40,43H,1-2,7-8,11-14,16-17,20-21,26-31,36-38H2,3-6H3/b24-22-,25-23-,59-42?,60-44+/t39-,40-/m0/s1. The van der Waals surface area contributed by atoms with Gasteiger partial charge in [0.25, 0.3) is 0 Å². The Morgan fingerprint density at radius 2 is 1.17 bits per heavy atom. The van der Waals surface area contributed by atoms with E-state index in [1.165, 1.54) is 63.9 Å². The third-order valence-electron chi connectivity index (χ3n) is 17.2. The number of piperazine rings is 2. The van der Waals surface area contributed by atoms with Gasteiger partial charge in [-0.25, -0.2) is 46.3 Å². The highest BCUT2D eigenvalue weighted by atomic mass is 19.1. The van der Waals surface area contributed by atoms with Gasteiger partial charge in [-0.3, -0.25) is 19.6 Å². The van der Waals surface area contributed by atoms with Crippen molar-refractivity contribution in [2.24, 2.45) is 21.3 Å². The van der Waals surface area contributed by atoms with Gasteiger partial charge in [-0.15, -0.1) is 0 Å². The summed E-state index contributed by atoms with van der Waals surface area (Å²) in [6.45, 7) is 23.8. The maximum atomic E-state index is 18.0. The molecule has 1 saturated carbocycles. The highest BCUT2D eigenvalue weighted by Crippen LogP contribution is 2.47. The van der Waals surface area contributed by atoms with E-state index in [1.807, 2.05) is 43.6 Å². The zero-order valence-corrected chi connectivity index (χ0v) is 50.4. The number of nitrogens with zero attached hydrogens (tertiary/aromatic N) is 12. The first-order valence-electron chi connectivity index (χ1n) is 30.1. The summed E-state index contributed by atoms with van der Waals surface area (Å²) in [5, 5.41) is 0.311. The molecule has 0 N–H and O–H groups in total. The van der Waals surface area contributed by atoms with Gasteiger partial charge in [0.15, 0.2) is 22.9 Å². The van der Waals surface area contributed by atoms with Gasteiger partial charge in [0.05, 0.1) is 35.1 Å². The van der Waals surface area contributed by atoms with Gasteiger partial charge in [-0.1, -0.05) is 33.1 Å². The molecule has 18 nitrogen and oxygen atoms in total. The quantitative estimate of drug-likeness (QED) is 0.0642. The van der Waals surface area contributed by atoms with Crippen LogP contribution in [-0.2, 0) is 16.0 Å². The number of aliphatic imine (C=N–C) groups is 2. The fraction of sp³-hybridized carbons (Fsp3) is 0.373. The Balaban J connectivity index is 1.10. The van der Waals surface area contributed by atoms with Crippen LogP contribution < -0.4 is 30.7 Å². The molecule has 2 atom stereocenters. The van der Waals surface area contributed by atoms with E-state index >= 15 is 22.4 Å². The summed E-state index contributed by atoms with van der Waals surface area (Å²) < 4.78 is 84.5. The predicted octanol–water partition coefficient (Wildman–Crippen LogP) is 10.9. The molecule has 22 heteroatoms. The fourth-order valence-corrected chi connectivity index (χ4v) is 13.0. The second kappa shape index (κ2) is 25.4. The molecule has 4 aliphatic heterocycles. The average molecular weight is 1220 g/mol. The van der Waals surface area contributed by atoms with Crippen LogP contribution >= 0.6 is 0 Å². The van der Waals surface area contributed by atoms with Gasteiger partial charge < -0.3 is 29.1 Å². The fourth-order valence-electron chi connectivity index (χ4n) is 13.0. The van der Waals surface area contributed by atoms with Crippen molar-refractivity contribution < 1.29 is 36.6 Å². The van der Waals surface area contributed by atoms with E-state index in [0.29, 0.717) is 61.1 Å². The maximum absolute atomic E-state index is 18.0. The first-order chi connectivity index (χ1) is 42.8. The number of hydrogen-bond donors (Lipinski definition) is 0. The number of rotatable bonds is 12. The Hall–Kier alpha value is -9.34. The van der Waals surface area contributed by atoms with Crippen LogP contribution in [0.25, 0.3) is 56.0 Å². The van der Waals surface area contributed by atoms with Crippen LogP contribution in [-0.4, -0.2) is 129 Å². The second-order valence-electron chi connectivity index (χ2n) is 23.8. The number of amides is 2. The SMILES string of the molecule is C=CC(=O)N1CCN(c2nc(=O)n3c4nc(c(F)cc24)-c2c(F)cc(CC(C)(C)/C4=C(\C=C/N=C)CCCCOc5cccc(F)c5-c5nc6c(cc5F)c(N5CCN(C(=O)C=C)C[C@@H]5C)nc(=O)n64)cc2OCCCCC(/C=C\N=C)=C3C2CC2)[C@@H](C)C1. The Bertz CT molecular complexity index is 4170. The molecule has 2 amide bonds. The zero-order valence-electron chi connectivity index (χ0n) is 50.4. The molecule has 11 rings (SSSR count). The lowest BCUT2D eigenvalue weighted by molar-refractivity contribution is -0.127. The van der Waals surface area contributed by atoms with E-state index in [2.05, 4.69) is 41.6 Å². The molecule has 0 spiro atoms. The minimum Gasteiger partial charge on any atom is -0.493 e. The number of carbonyl (C=O) groups excluding carboxylic acids is 2. The van der Waals surface area contributed by atoms with Crippen molar-refractivity contribution >= 4 is 70.3 Å². The van der Waals surface area contributed by atoms with Crippen LogP contribution in [0.4, 0.5) is 29.2 Å². The Kier molecular flexibility index (Phi) is 17.5. The molecule has 2 aromatic carbocycles. The van der Waals surface area contributed by atoms with E-state index in [9.17, 15) is 14.4 Å². The number of carbonyl (C=O) groups is 2. The minimum absolute atomic E-state index is 0.0247. The average Bonchev–Trinajstić information content (AvgIpc) is 1.72. The molecule has 4 bridgehead atoms. The summed E-state index contributed by atoms with van der Waals surface area (Å²) in [4.78, 5) is 90.2. The number of pyridine rings is 2. The number of hydrogen-bond acceptors (Lipinski definition) is 14. The Morgan fingerprint density at radius 1 is 0.652 bits per heavy atom. The largest absolute Gasteiger partial charge is 0.493 e. The van der Waals surface area contributed by atoms with Gasteiger partial charge in [0.1, 0.15) is 46.2 Å². The van der Waals surface area contributed by atoms with E-state index in [0.717, 1.165) is 18.4 Å². The molecule has 5 aliphatic rings. The summed E-state index contributed by atoms with van der Waals surface area (Å²) in [6, 6.07) is 8.69. The van der Waals surface area contributed by atoms with Gasteiger partial charge in [-0.2, -0.15) is 9.97 Å². The highest BCUT2D eigenvalue weighted by molar-refractivity contribution is 5.94. The second-order valence-corrected chi connectivity index (χ2v) is 23.8. The topological polar surface area (TPSA) is 186 Å². The van der Waals surface area contributed by atoms with Crippen molar-refractivity contribution in [2.45, 2.75) is 97.6 Å². The number of ether oxygens (including phenoxy) is 2.